The van der Waals surface area contributed by atoms with Gasteiger partial charge in [0.15, 0.2) is 11.2 Å². The van der Waals surface area contributed by atoms with E-state index in [0.717, 1.165) is 16.6 Å². The van der Waals surface area contributed by atoms with Crippen molar-refractivity contribution in [1.82, 2.24) is 24.4 Å². The Morgan fingerprint density at radius 3 is 2.55 bits per heavy atom. The van der Waals surface area contributed by atoms with E-state index in [2.05, 4.69) is 15.3 Å². The molecular weight excluding hydrogens is 370 g/mol. The molecule has 1 atom stereocenters. The van der Waals surface area contributed by atoms with E-state index in [9.17, 15) is 14.4 Å². The number of carbonyl (C=O) groups is 1. The molecule has 1 saturated heterocycles. The van der Waals surface area contributed by atoms with Crippen LogP contribution in [0.5, 0.6) is 0 Å². The maximum absolute atomic E-state index is 13.3. The molecule has 3 aromatic rings. The predicted molar refractivity (Wildman–Crippen MR) is 111 cm³/mol. The fourth-order valence-electron chi connectivity index (χ4n) is 3.86. The molecule has 152 valence electrons. The summed E-state index contributed by atoms with van der Waals surface area (Å²) in [6, 6.07) is 9.21. The Morgan fingerprint density at radius 1 is 1.21 bits per heavy atom. The first-order valence-electron chi connectivity index (χ1n) is 9.85. The van der Waals surface area contributed by atoms with E-state index in [0.29, 0.717) is 25.3 Å². The maximum atomic E-state index is 13.3. The summed E-state index contributed by atoms with van der Waals surface area (Å²) in [5.41, 5.74) is -0.279. The second-order valence-corrected chi connectivity index (χ2v) is 8.51. The van der Waals surface area contributed by atoms with Gasteiger partial charge < -0.3 is 9.88 Å². The van der Waals surface area contributed by atoms with Crippen molar-refractivity contribution in [1.29, 1.82) is 0 Å². The SMILES string of the molecule is CC(C)(C)c1nc2[nH]c(=O)n(C(=O)[C@H]3CCCN3)c(=O)c2n1Cc1ccccc1. The third-order valence-corrected chi connectivity index (χ3v) is 5.23. The van der Waals surface area contributed by atoms with Crippen molar-refractivity contribution in [2.45, 2.75) is 51.6 Å². The van der Waals surface area contributed by atoms with E-state index in [1.54, 1.807) is 0 Å². The molecule has 0 aliphatic carbocycles. The molecule has 0 saturated carbocycles. The molecule has 0 amide bonds. The molecule has 0 unspecified atom stereocenters. The maximum Gasteiger partial charge on any atom is 0.337 e. The van der Waals surface area contributed by atoms with E-state index < -0.39 is 23.2 Å². The topological polar surface area (TPSA) is 102 Å². The van der Waals surface area contributed by atoms with E-state index in [-0.39, 0.29) is 16.6 Å². The van der Waals surface area contributed by atoms with Crippen molar-refractivity contribution in [3.63, 3.8) is 0 Å². The van der Waals surface area contributed by atoms with Gasteiger partial charge in [-0.15, -0.1) is 0 Å². The number of fused-ring (bicyclic) bond motifs is 1. The van der Waals surface area contributed by atoms with Crippen molar-refractivity contribution in [2.24, 2.45) is 0 Å². The van der Waals surface area contributed by atoms with Gasteiger partial charge in [-0.05, 0) is 24.9 Å². The summed E-state index contributed by atoms with van der Waals surface area (Å²) in [5, 5.41) is 3.06. The lowest BCUT2D eigenvalue weighted by Gasteiger charge is -2.20. The van der Waals surface area contributed by atoms with Crippen LogP contribution in [0, 0.1) is 0 Å². The first-order chi connectivity index (χ1) is 13.8. The molecule has 1 aliphatic heterocycles. The molecule has 8 nitrogen and oxygen atoms in total. The van der Waals surface area contributed by atoms with Crippen molar-refractivity contribution in [3.8, 4) is 0 Å². The summed E-state index contributed by atoms with van der Waals surface area (Å²) in [7, 11) is 0. The van der Waals surface area contributed by atoms with Gasteiger partial charge >= 0.3 is 5.69 Å². The van der Waals surface area contributed by atoms with Crippen LogP contribution in [0.15, 0.2) is 39.9 Å². The highest BCUT2D eigenvalue weighted by Crippen LogP contribution is 2.25. The van der Waals surface area contributed by atoms with Gasteiger partial charge in [0.05, 0.1) is 6.04 Å². The molecule has 4 rings (SSSR count). The number of nitrogens with one attached hydrogen (secondary N) is 2. The van der Waals surface area contributed by atoms with Gasteiger partial charge in [0, 0.05) is 12.0 Å². The third-order valence-electron chi connectivity index (χ3n) is 5.23. The fraction of sp³-hybridized carbons (Fsp3) is 0.429. The molecule has 3 heterocycles. The molecule has 1 aromatic carbocycles. The number of hydrogen-bond donors (Lipinski definition) is 2. The first-order valence-corrected chi connectivity index (χ1v) is 9.85. The Labute approximate surface area is 167 Å². The zero-order valence-corrected chi connectivity index (χ0v) is 16.9. The van der Waals surface area contributed by atoms with Crippen LogP contribution in [-0.4, -0.2) is 37.6 Å². The Bertz CT molecular complexity index is 1180. The van der Waals surface area contributed by atoms with Crippen LogP contribution in [0.25, 0.3) is 11.2 Å². The average molecular weight is 395 g/mol. The second kappa shape index (κ2) is 7.11. The van der Waals surface area contributed by atoms with Crippen molar-refractivity contribution >= 4 is 17.1 Å². The van der Waals surface area contributed by atoms with Crippen LogP contribution in [0.1, 0.15) is 49.8 Å². The average Bonchev–Trinajstić information content (AvgIpc) is 3.30. The molecule has 0 spiro atoms. The number of carbonyl (C=O) groups excluding carboxylic acids is 1. The highest BCUT2D eigenvalue weighted by molar-refractivity contribution is 5.86. The summed E-state index contributed by atoms with van der Waals surface area (Å²) < 4.78 is 2.54. The van der Waals surface area contributed by atoms with Gasteiger partial charge in [0.2, 0.25) is 0 Å². The normalized spacial score (nSPS) is 17.1. The van der Waals surface area contributed by atoms with Gasteiger partial charge in [-0.1, -0.05) is 51.1 Å². The summed E-state index contributed by atoms with van der Waals surface area (Å²) in [4.78, 5) is 46.0. The molecule has 2 N–H and O–H groups in total. The minimum Gasteiger partial charge on any atom is -0.317 e. The van der Waals surface area contributed by atoms with E-state index in [4.69, 9.17) is 0 Å². The number of nitrogens with zero attached hydrogens (tertiary/aromatic N) is 3. The fourth-order valence-corrected chi connectivity index (χ4v) is 3.86. The smallest absolute Gasteiger partial charge is 0.317 e. The second-order valence-electron chi connectivity index (χ2n) is 8.51. The predicted octanol–water partition coefficient (Wildman–Crippen LogP) is 1.62. The Hall–Kier alpha value is -3.00. The van der Waals surface area contributed by atoms with Crippen LogP contribution >= 0.6 is 0 Å². The summed E-state index contributed by atoms with van der Waals surface area (Å²) in [6.07, 6.45) is 1.45. The number of hydrogen-bond acceptors (Lipinski definition) is 5. The van der Waals surface area contributed by atoms with Crippen LogP contribution < -0.4 is 16.6 Å². The molecule has 0 radical (unpaired) electrons. The number of imidazole rings is 1. The van der Waals surface area contributed by atoms with Gasteiger partial charge in [-0.25, -0.2) is 9.78 Å². The summed E-state index contributed by atoms with van der Waals surface area (Å²) in [5.74, 6) is 0.161. The number of aromatic amines is 1. The van der Waals surface area contributed by atoms with Crippen LogP contribution in [0.4, 0.5) is 0 Å². The van der Waals surface area contributed by atoms with E-state index in [1.165, 1.54) is 0 Å². The summed E-state index contributed by atoms with van der Waals surface area (Å²) in [6.45, 7) is 7.12. The van der Waals surface area contributed by atoms with Crippen LogP contribution in [0.3, 0.4) is 0 Å². The van der Waals surface area contributed by atoms with Gasteiger partial charge in [-0.2, -0.15) is 4.57 Å². The Kier molecular flexibility index (Phi) is 4.74. The largest absolute Gasteiger partial charge is 0.337 e. The number of aromatic nitrogens is 4. The van der Waals surface area contributed by atoms with Crippen molar-refractivity contribution < 1.29 is 4.79 Å². The summed E-state index contributed by atoms with van der Waals surface area (Å²) >= 11 is 0. The van der Waals surface area contributed by atoms with Crippen LogP contribution in [0.2, 0.25) is 0 Å². The Morgan fingerprint density at radius 2 is 1.93 bits per heavy atom. The van der Waals surface area contributed by atoms with Crippen molar-refractivity contribution in [2.75, 3.05) is 6.54 Å². The molecule has 29 heavy (non-hydrogen) atoms. The van der Waals surface area contributed by atoms with Gasteiger partial charge in [-0.3, -0.25) is 14.6 Å². The molecule has 8 heteroatoms. The lowest BCUT2D eigenvalue weighted by Crippen LogP contribution is -2.47. The standard InChI is InChI=1S/C21H25N5O3/c1-21(2,3)19-23-16-15(25(19)12-13-8-5-4-6-9-13)18(28)26(20(29)24-16)17(27)14-10-7-11-22-14/h4-6,8-9,14,22H,7,10-12H2,1-3H3,(H,24,29)/t14-/m1/s1. The number of rotatable bonds is 3. The van der Waals surface area contributed by atoms with Gasteiger partial charge in [0.25, 0.3) is 11.5 Å². The molecule has 1 aliphatic rings. The van der Waals surface area contributed by atoms with Gasteiger partial charge in [0.1, 0.15) is 5.82 Å². The minimum absolute atomic E-state index is 0.212. The molecular formula is C21H25N5O3. The highest BCUT2D eigenvalue weighted by atomic mass is 16.2. The zero-order valence-electron chi connectivity index (χ0n) is 16.9. The lowest BCUT2D eigenvalue weighted by atomic mass is 9.95. The third kappa shape index (κ3) is 3.44. The molecule has 2 aromatic heterocycles. The Balaban J connectivity index is 1.95. The molecule has 1 fully saturated rings. The first kappa shape index (κ1) is 19.3. The monoisotopic (exact) mass is 395 g/mol. The zero-order chi connectivity index (χ0) is 20.8. The molecule has 0 bridgehead atoms. The van der Waals surface area contributed by atoms with Crippen LogP contribution in [-0.2, 0) is 12.0 Å². The van der Waals surface area contributed by atoms with E-state index in [1.807, 2.05) is 55.7 Å². The van der Waals surface area contributed by atoms with E-state index >= 15 is 0 Å². The van der Waals surface area contributed by atoms with Crippen molar-refractivity contribution in [3.05, 3.63) is 62.6 Å². The number of benzene rings is 1. The minimum atomic E-state index is -0.744. The lowest BCUT2D eigenvalue weighted by molar-refractivity contribution is 0.0860. The highest BCUT2D eigenvalue weighted by Gasteiger charge is 2.30. The quantitative estimate of drug-likeness (QED) is 0.702. The number of H-pyrrole nitrogens is 1.